The summed E-state index contributed by atoms with van der Waals surface area (Å²) in [4.78, 5) is 0. The summed E-state index contributed by atoms with van der Waals surface area (Å²) >= 11 is 3.35. The van der Waals surface area contributed by atoms with E-state index in [1.54, 1.807) is 14.2 Å². The highest BCUT2D eigenvalue weighted by molar-refractivity contribution is 9.10. The SMILES string of the molecule is CC.COc1cc2c(cc1OC)CNCC2.Cc1ccc(Br)cc1. The van der Waals surface area contributed by atoms with Crippen molar-refractivity contribution in [2.45, 2.75) is 33.7 Å². The second kappa shape index (κ2) is 11.1. The zero-order valence-electron chi connectivity index (χ0n) is 15.3. The van der Waals surface area contributed by atoms with Gasteiger partial charge in [-0.3, -0.25) is 0 Å². The largest absolute Gasteiger partial charge is 0.493 e. The van der Waals surface area contributed by atoms with Gasteiger partial charge in [0.25, 0.3) is 0 Å². The molecule has 1 aliphatic heterocycles. The van der Waals surface area contributed by atoms with Gasteiger partial charge in [0.2, 0.25) is 0 Å². The molecular weight excluding hydrogens is 366 g/mol. The van der Waals surface area contributed by atoms with Crippen LogP contribution in [-0.2, 0) is 13.0 Å². The molecule has 4 heteroatoms. The number of halogens is 1. The van der Waals surface area contributed by atoms with E-state index in [2.05, 4.69) is 52.4 Å². The highest BCUT2D eigenvalue weighted by atomic mass is 79.9. The molecule has 24 heavy (non-hydrogen) atoms. The molecule has 1 heterocycles. The van der Waals surface area contributed by atoms with Gasteiger partial charge in [0.1, 0.15) is 0 Å². The number of benzene rings is 2. The predicted molar refractivity (Wildman–Crippen MR) is 105 cm³/mol. The molecule has 0 fully saturated rings. The van der Waals surface area contributed by atoms with Crippen molar-refractivity contribution in [1.29, 1.82) is 0 Å². The van der Waals surface area contributed by atoms with Crippen LogP contribution in [-0.4, -0.2) is 20.8 Å². The molecule has 0 saturated heterocycles. The van der Waals surface area contributed by atoms with Gasteiger partial charge in [0.15, 0.2) is 11.5 Å². The molecule has 2 aromatic rings. The van der Waals surface area contributed by atoms with Crippen LogP contribution in [0.2, 0.25) is 0 Å². The van der Waals surface area contributed by atoms with Crippen LogP contribution in [0.25, 0.3) is 0 Å². The van der Waals surface area contributed by atoms with Gasteiger partial charge in [-0.1, -0.05) is 47.5 Å². The number of aryl methyl sites for hydroxylation is 1. The Morgan fingerprint density at radius 3 is 1.96 bits per heavy atom. The normalized spacial score (nSPS) is 11.9. The lowest BCUT2D eigenvalue weighted by Gasteiger charge is -2.19. The molecule has 0 bridgehead atoms. The number of methoxy groups -OCH3 is 2. The Hall–Kier alpha value is -1.52. The van der Waals surface area contributed by atoms with Crippen molar-refractivity contribution in [3.8, 4) is 11.5 Å². The Labute approximate surface area is 154 Å². The molecule has 0 atom stereocenters. The van der Waals surface area contributed by atoms with E-state index in [-0.39, 0.29) is 0 Å². The molecule has 0 unspecified atom stereocenters. The number of fused-ring (bicyclic) bond motifs is 1. The van der Waals surface area contributed by atoms with Crippen LogP contribution in [0.5, 0.6) is 11.5 Å². The molecular formula is C20H28BrNO2. The lowest BCUT2D eigenvalue weighted by Crippen LogP contribution is -2.23. The van der Waals surface area contributed by atoms with E-state index in [9.17, 15) is 0 Å². The van der Waals surface area contributed by atoms with Gasteiger partial charge in [0, 0.05) is 11.0 Å². The molecule has 0 spiro atoms. The highest BCUT2D eigenvalue weighted by Crippen LogP contribution is 2.31. The van der Waals surface area contributed by atoms with E-state index in [0.29, 0.717) is 0 Å². The Morgan fingerprint density at radius 2 is 1.46 bits per heavy atom. The lowest BCUT2D eigenvalue weighted by atomic mass is 10.0. The van der Waals surface area contributed by atoms with Crippen LogP contribution in [0.15, 0.2) is 40.9 Å². The summed E-state index contributed by atoms with van der Waals surface area (Å²) in [5.41, 5.74) is 3.98. The van der Waals surface area contributed by atoms with Crippen LogP contribution in [0.3, 0.4) is 0 Å². The first-order valence-electron chi connectivity index (χ1n) is 8.30. The van der Waals surface area contributed by atoms with Gasteiger partial charge >= 0.3 is 0 Å². The fourth-order valence-corrected chi connectivity index (χ4v) is 2.60. The minimum atomic E-state index is 0.815. The third kappa shape index (κ3) is 6.17. The first-order valence-corrected chi connectivity index (χ1v) is 9.10. The summed E-state index contributed by atoms with van der Waals surface area (Å²) in [7, 11) is 3.34. The number of hydrogen-bond donors (Lipinski definition) is 1. The van der Waals surface area contributed by atoms with Gasteiger partial charge in [0.05, 0.1) is 14.2 Å². The van der Waals surface area contributed by atoms with E-state index in [1.807, 2.05) is 26.0 Å². The van der Waals surface area contributed by atoms with Gasteiger partial charge in [-0.25, -0.2) is 0 Å². The number of ether oxygens (including phenoxy) is 2. The van der Waals surface area contributed by atoms with Crippen molar-refractivity contribution in [2.75, 3.05) is 20.8 Å². The average molecular weight is 394 g/mol. The third-order valence-electron chi connectivity index (χ3n) is 3.60. The second-order valence-electron chi connectivity index (χ2n) is 5.20. The zero-order valence-corrected chi connectivity index (χ0v) is 16.9. The molecule has 2 aromatic carbocycles. The molecule has 0 aromatic heterocycles. The minimum Gasteiger partial charge on any atom is -0.493 e. The third-order valence-corrected chi connectivity index (χ3v) is 4.13. The average Bonchev–Trinajstić information content (AvgIpc) is 2.65. The van der Waals surface area contributed by atoms with E-state index in [4.69, 9.17) is 9.47 Å². The molecule has 0 saturated carbocycles. The van der Waals surface area contributed by atoms with Crippen molar-refractivity contribution < 1.29 is 9.47 Å². The summed E-state index contributed by atoms with van der Waals surface area (Å²) in [6.45, 7) is 8.05. The van der Waals surface area contributed by atoms with E-state index in [1.165, 1.54) is 16.7 Å². The van der Waals surface area contributed by atoms with Crippen molar-refractivity contribution in [3.05, 3.63) is 57.6 Å². The van der Waals surface area contributed by atoms with Gasteiger partial charge in [-0.2, -0.15) is 0 Å². The Balaban J connectivity index is 0.000000245. The monoisotopic (exact) mass is 393 g/mol. The van der Waals surface area contributed by atoms with Crippen molar-refractivity contribution in [1.82, 2.24) is 5.32 Å². The van der Waals surface area contributed by atoms with Crippen LogP contribution < -0.4 is 14.8 Å². The van der Waals surface area contributed by atoms with Crippen LogP contribution in [0, 0.1) is 6.92 Å². The molecule has 3 nitrogen and oxygen atoms in total. The molecule has 132 valence electrons. The molecule has 0 aliphatic carbocycles. The summed E-state index contributed by atoms with van der Waals surface area (Å²) in [6.07, 6.45) is 1.07. The van der Waals surface area contributed by atoms with E-state index >= 15 is 0 Å². The zero-order chi connectivity index (χ0) is 17.9. The number of hydrogen-bond acceptors (Lipinski definition) is 3. The highest BCUT2D eigenvalue weighted by Gasteiger charge is 2.13. The number of rotatable bonds is 2. The fraction of sp³-hybridized carbons (Fsp3) is 0.400. The summed E-state index contributed by atoms with van der Waals surface area (Å²) in [5, 5.41) is 3.33. The Morgan fingerprint density at radius 1 is 0.917 bits per heavy atom. The lowest BCUT2D eigenvalue weighted by molar-refractivity contribution is 0.353. The van der Waals surface area contributed by atoms with Crippen LogP contribution in [0.1, 0.15) is 30.5 Å². The first-order chi connectivity index (χ1) is 11.6. The molecule has 1 aliphatic rings. The van der Waals surface area contributed by atoms with Crippen molar-refractivity contribution >= 4 is 15.9 Å². The van der Waals surface area contributed by atoms with Gasteiger partial charge in [-0.15, -0.1) is 0 Å². The fourth-order valence-electron chi connectivity index (χ4n) is 2.34. The molecule has 1 N–H and O–H groups in total. The second-order valence-corrected chi connectivity index (χ2v) is 6.11. The summed E-state index contributed by atoms with van der Waals surface area (Å²) < 4.78 is 11.6. The van der Waals surface area contributed by atoms with Gasteiger partial charge < -0.3 is 14.8 Å². The van der Waals surface area contributed by atoms with Crippen LogP contribution >= 0.6 is 15.9 Å². The minimum absolute atomic E-state index is 0.815. The smallest absolute Gasteiger partial charge is 0.161 e. The standard InChI is InChI=1S/C11H15NO2.C7H7Br.C2H6/c1-13-10-5-8-3-4-12-7-9(8)6-11(10)14-2;1-6-2-4-7(8)5-3-6;1-2/h5-6,12H,3-4,7H2,1-2H3;2-5H,1H3;1-2H3. The van der Waals surface area contributed by atoms with E-state index < -0.39 is 0 Å². The Kier molecular flexibility index (Phi) is 9.50. The predicted octanol–water partition coefficient (Wildman–Crippen LogP) is 5.13. The summed E-state index contributed by atoms with van der Waals surface area (Å²) in [6, 6.07) is 12.4. The van der Waals surface area contributed by atoms with Crippen molar-refractivity contribution in [3.63, 3.8) is 0 Å². The molecule has 0 radical (unpaired) electrons. The van der Waals surface area contributed by atoms with Gasteiger partial charge in [-0.05, 0) is 55.3 Å². The number of nitrogens with one attached hydrogen (secondary N) is 1. The maximum absolute atomic E-state index is 5.26. The van der Waals surface area contributed by atoms with Crippen molar-refractivity contribution in [2.24, 2.45) is 0 Å². The quantitative estimate of drug-likeness (QED) is 0.766. The maximum atomic E-state index is 5.26. The molecule has 3 rings (SSSR count). The maximum Gasteiger partial charge on any atom is 0.161 e. The van der Waals surface area contributed by atoms with E-state index in [0.717, 1.165) is 35.5 Å². The molecule has 0 amide bonds. The summed E-state index contributed by atoms with van der Waals surface area (Å²) in [5.74, 6) is 1.64. The Bertz CT molecular complexity index is 547. The topological polar surface area (TPSA) is 30.5 Å². The van der Waals surface area contributed by atoms with Crippen LogP contribution in [0.4, 0.5) is 0 Å². The first kappa shape index (κ1) is 20.5.